The molecular weight excluding hydrogens is 621 g/mol. The third kappa shape index (κ3) is 7.88. The van der Waals surface area contributed by atoms with Gasteiger partial charge in [0.1, 0.15) is 16.1 Å². The summed E-state index contributed by atoms with van der Waals surface area (Å²) >= 11 is 1.10. The molecule has 1 aliphatic rings. The van der Waals surface area contributed by atoms with Crippen molar-refractivity contribution in [1.29, 1.82) is 0 Å². The number of sulfonamides is 1. The molecule has 2 heterocycles. The Morgan fingerprint density at radius 3 is 2.43 bits per heavy atom. The van der Waals surface area contributed by atoms with Crippen molar-refractivity contribution in [3.63, 3.8) is 0 Å². The van der Waals surface area contributed by atoms with Crippen LogP contribution in [-0.2, 0) is 27.4 Å². The quantitative estimate of drug-likeness (QED) is 0.318. The molecule has 0 radical (unpaired) electrons. The number of urea groups is 1. The van der Waals surface area contributed by atoms with Crippen LogP contribution in [0, 0.1) is 5.92 Å². The zero-order valence-corrected chi connectivity index (χ0v) is 25.8. The number of hydrogen-bond acceptors (Lipinski definition) is 7. The van der Waals surface area contributed by atoms with Gasteiger partial charge in [0.2, 0.25) is 5.91 Å². The average Bonchev–Trinajstić information content (AvgIpc) is 3.52. The maximum Gasteiger partial charge on any atom is 0.416 e. The first-order chi connectivity index (χ1) is 20.7. The summed E-state index contributed by atoms with van der Waals surface area (Å²) in [6.45, 7) is 3.44. The first-order valence-corrected chi connectivity index (χ1v) is 16.0. The van der Waals surface area contributed by atoms with E-state index in [1.807, 2.05) is 6.92 Å². The maximum atomic E-state index is 13.4. The summed E-state index contributed by atoms with van der Waals surface area (Å²) in [6.07, 6.45) is -5.32. The van der Waals surface area contributed by atoms with E-state index in [0.717, 1.165) is 35.6 Å². The standard InChI is InChI=1S/C29H33F3N4O6S2/c1-18-15-36(19(2)17-37)26(38)14-20-13-23(34-28(39)33-22-8-6-21(7-9-22)29(30,31)32)10-11-24(20)42-25(18)16-35(3)44(40,41)27-5-4-12-43-27/h4-13,18-19,25,37H,14-17H2,1-3H3,(H2,33,34,39)/t18-,19+,25+/m0/s1. The second-order valence-corrected chi connectivity index (χ2v) is 13.8. The molecule has 0 fully saturated rings. The highest BCUT2D eigenvalue weighted by Crippen LogP contribution is 2.31. The van der Waals surface area contributed by atoms with Gasteiger partial charge >= 0.3 is 12.2 Å². The molecule has 4 rings (SSSR count). The van der Waals surface area contributed by atoms with Crippen molar-refractivity contribution in [2.75, 3.05) is 37.4 Å². The molecule has 3 aromatic rings. The predicted octanol–water partition coefficient (Wildman–Crippen LogP) is 4.88. The lowest BCUT2D eigenvalue weighted by atomic mass is 10.0. The molecule has 3 amide bonds. The van der Waals surface area contributed by atoms with Gasteiger partial charge in [0, 0.05) is 36.4 Å². The van der Waals surface area contributed by atoms with E-state index in [1.54, 1.807) is 30.5 Å². The molecule has 3 N–H and O–H groups in total. The number of hydrogen-bond donors (Lipinski definition) is 3. The van der Waals surface area contributed by atoms with Crippen LogP contribution in [-0.4, -0.2) is 73.6 Å². The molecular formula is C29H33F3N4O6S2. The van der Waals surface area contributed by atoms with Crippen molar-refractivity contribution in [3.8, 4) is 5.75 Å². The van der Waals surface area contributed by atoms with Crippen LogP contribution in [0.25, 0.3) is 0 Å². The number of halogens is 3. The van der Waals surface area contributed by atoms with E-state index in [-0.39, 0.29) is 53.5 Å². The highest BCUT2D eigenvalue weighted by Gasteiger charge is 2.34. The molecule has 15 heteroatoms. The van der Waals surface area contributed by atoms with E-state index < -0.39 is 39.9 Å². The maximum absolute atomic E-state index is 13.4. The smallest absolute Gasteiger partial charge is 0.416 e. The summed E-state index contributed by atoms with van der Waals surface area (Å²) in [4.78, 5) is 27.6. The van der Waals surface area contributed by atoms with Gasteiger partial charge in [0.25, 0.3) is 10.0 Å². The van der Waals surface area contributed by atoms with Crippen LogP contribution >= 0.6 is 11.3 Å². The number of nitrogens with one attached hydrogen (secondary N) is 2. The lowest BCUT2D eigenvalue weighted by molar-refractivity contribution is -0.137. The highest BCUT2D eigenvalue weighted by atomic mass is 32.2. The van der Waals surface area contributed by atoms with E-state index in [0.29, 0.717) is 11.3 Å². The molecule has 0 unspecified atom stereocenters. The van der Waals surface area contributed by atoms with Crippen LogP contribution in [0.3, 0.4) is 0 Å². The Bertz CT molecular complexity index is 1570. The summed E-state index contributed by atoms with van der Waals surface area (Å²) in [7, 11) is -2.33. The van der Waals surface area contributed by atoms with Gasteiger partial charge < -0.3 is 25.4 Å². The van der Waals surface area contributed by atoms with Crippen LogP contribution in [0.15, 0.2) is 64.2 Å². The Morgan fingerprint density at radius 2 is 1.82 bits per heavy atom. The second kappa shape index (κ2) is 13.5. The van der Waals surface area contributed by atoms with Gasteiger partial charge in [-0.3, -0.25) is 4.79 Å². The SMILES string of the molecule is C[C@H](CO)N1C[C@H](C)[C@@H](CN(C)S(=O)(=O)c2cccs2)Oc2ccc(NC(=O)Nc3ccc(C(F)(F)F)cc3)cc2CC1=O. The van der Waals surface area contributed by atoms with E-state index in [2.05, 4.69) is 10.6 Å². The Balaban J connectivity index is 1.58. The Hall–Kier alpha value is -3.66. The van der Waals surface area contributed by atoms with E-state index >= 15 is 0 Å². The predicted molar refractivity (Wildman–Crippen MR) is 160 cm³/mol. The largest absolute Gasteiger partial charge is 0.488 e. The molecule has 1 aromatic heterocycles. The topological polar surface area (TPSA) is 128 Å². The lowest BCUT2D eigenvalue weighted by Gasteiger charge is -2.33. The van der Waals surface area contributed by atoms with Gasteiger partial charge in [-0.25, -0.2) is 13.2 Å². The van der Waals surface area contributed by atoms with Crippen molar-refractivity contribution in [1.82, 2.24) is 9.21 Å². The number of fused-ring (bicyclic) bond motifs is 1. The number of benzene rings is 2. The number of thiophene rings is 1. The number of likely N-dealkylation sites (N-methyl/N-ethyl adjacent to an activating group) is 1. The number of rotatable bonds is 8. The number of ether oxygens (including phenoxy) is 1. The first-order valence-electron chi connectivity index (χ1n) is 13.6. The van der Waals surface area contributed by atoms with Gasteiger partial charge in [-0.1, -0.05) is 13.0 Å². The highest BCUT2D eigenvalue weighted by molar-refractivity contribution is 7.91. The Morgan fingerprint density at radius 1 is 1.16 bits per heavy atom. The zero-order chi connectivity index (χ0) is 32.2. The third-order valence-corrected chi connectivity index (χ3v) is 10.4. The number of anilines is 2. The molecule has 0 saturated carbocycles. The van der Waals surface area contributed by atoms with Crippen LogP contribution in [0.4, 0.5) is 29.3 Å². The molecule has 0 aliphatic carbocycles. The van der Waals surface area contributed by atoms with Crippen LogP contribution < -0.4 is 15.4 Å². The minimum absolute atomic E-state index is 0.0219. The number of aliphatic hydroxyl groups excluding tert-OH is 1. The minimum Gasteiger partial charge on any atom is -0.488 e. The molecule has 0 bridgehead atoms. The summed E-state index contributed by atoms with van der Waals surface area (Å²) in [5.41, 5.74) is -0.00469. The zero-order valence-electron chi connectivity index (χ0n) is 24.2. The van der Waals surface area contributed by atoms with Crippen molar-refractivity contribution in [2.45, 2.75) is 42.8 Å². The number of carbonyl (C=O) groups excluding carboxylic acids is 2. The summed E-state index contributed by atoms with van der Waals surface area (Å²) in [6, 6.07) is 10.5. The second-order valence-electron chi connectivity index (χ2n) is 10.6. The van der Waals surface area contributed by atoms with E-state index in [1.165, 1.54) is 28.4 Å². The molecule has 44 heavy (non-hydrogen) atoms. The van der Waals surface area contributed by atoms with Crippen molar-refractivity contribution >= 4 is 44.7 Å². The van der Waals surface area contributed by atoms with Crippen molar-refractivity contribution < 1.29 is 41.0 Å². The van der Waals surface area contributed by atoms with Gasteiger partial charge in [-0.05, 0) is 60.8 Å². The Kier molecular flexibility index (Phi) is 10.2. The molecule has 0 spiro atoms. The lowest BCUT2D eigenvalue weighted by Crippen LogP contribution is -2.48. The fourth-order valence-electron chi connectivity index (χ4n) is 4.68. The van der Waals surface area contributed by atoms with Crippen LogP contribution in [0.5, 0.6) is 5.75 Å². The van der Waals surface area contributed by atoms with E-state index in [4.69, 9.17) is 4.74 Å². The monoisotopic (exact) mass is 654 g/mol. The fraction of sp³-hybridized carbons (Fsp3) is 0.379. The van der Waals surface area contributed by atoms with Gasteiger partial charge in [-0.2, -0.15) is 17.5 Å². The van der Waals surface area contributed by atoms with Gasteiger partial charge in [-0.15, -0.1) is 11.3 Å². The normalized spacial score (nSPS) is 18.5. The van der Waals surface area contributed by atoms with Crippen LogP contribution in [0.1, 0.15) is 25.0 Å². The van der Waals surface area contributed by atoms with Gasteiger partial charge in [0.15, 0.2) is 0 Å². The number of nitrogens with zero attached hydrogens (tertiary/aromatic N) is 2. The molecule has 1 aliphatic heterocycles. The van der Waals surface area contributed by atoms with Crippen molar-refractivity contribution in [2.24, 2.45) is 5.92 Å². The number of carbonyl (C=O) groups is 2. The molecule has 0 saturated heterocycles. The fourth-order valence-corrected chi connectivity index (χ4v) is 7.06. The van der Waals surface area contributed by atoms with Crippen LogP contribution in [0.2, 0.25) is 0 Å². The van der Waals surface area contributed by atoms with E-state index in [9.17, 15) is 36.3 Å². The molecule has 3 atom stereocenters. The number of aliphatic hydroxyl groups is 1. The number of amides is 3. The van der Waals surface area contributed by atoms with Gasteiger partial charge in [0.05, 0.1) is 31.2 Å². The summed E-state index contributed by atoms with van der Waals surface area (Å²) in [5.74, 6) is -0.314. The molecule has 238 valence electrons. The Labute approximate surface area is 257 Å². The minimum atomic E-state index is -4.50. The molecule has 2 aromatic carbocycles. The average molecular weight is 655 g/mol. The molecule has 10 nitrogen and oxygen atoms in total. The summed E-state index contributed by atoms with van der Waals surface area (Å²) < 4.78 is 72.6. The first kappa shape index (κ1) is 33.2. The number of alkyl halides is 3. The third-order valence-electron chi connectivity index (χ3n) is 7.24. The van der Waals surface area contributed by atoms with Crippen molar-refractivity contribution in [3.05, 3.63) is 71.1 Å². The summed E-state index contributed by atoms with van der Waals surface area (Å²) in [5, 5.41) is 16.6.